The molecule has 0 bridgehead atoms. The topological polar surface area (TPSA) is 75.7 Å². The standard InChI is InChI=1S/C17H20N2O4S/c1-4-19(14-8-6-5-7-9-14)24(21,22)15-10-11-16(18-13(2)20)17(12-15)23-3/h5-12H,4H2,1-3H3,(H,18,20). The fraction of sp³-hybridized carbons (Fsp3) is 0.235. The molecule has 2 aromatic carbocycles. The third-order valence-electron chi connectivity index (χ3n) is 3.40. The van der Waals surface area contributed by atoms with Crippen LogP contribution >= 0.6 is 0 Å². The van der Waals surface area contributed by atoms with E-state index in [1.807, 2.05) is 6.07 Å². The van der Waals surface area contributed by atoms with Crippen molar-refractivity contribution in [2.75, 3.05) is 23.3 Å². The summed E-state index contributed by atoms with van der Waals surface area (Å²) in [5.74, 6) is 0.0266. The van der Waals surface area contributed by atoms with Gasteiger partial charge in [0.2, 0.25) is 5.91 Å². The highest BCUT2D eigenvalue weighted by Crippen LogP contribution is 2.30. The van der Waals surface area contributed by atoms with Crippen molar-refractivity contribution in [2.24, 2.45) is 0 Å². The van der Waals surface area contributed by atoms with Gasteiger partial charge >= 0.3 is 0 Å². The van der Waals surface area contributed by atoms with Crippen molar-refractivity contribution in [1.29, 1.82) is 0 Å². The van der Waals surface area contributed by atoms with Gasteiger partial charge in [-0.3, -0.25) is 9.10 Å². The molecule has 0 saturated heterocycles. The Balaban J connectivity index is 2.47. The molecule has 0 saturated carbocycles. The summed E-state index contributed by atoms with van der Waals surface area (Å²) in [5, 5.41) is 2.61. The number of nitrogens with one attached hydrogen (secondary N) is 1. The lowest BCUT2D eigenvalue weighted by molar-refractivity contribution is -0.114. The number of para-hydroxylation sites is 1. The van der Waals surface area contributed by atoms with Crippen LogP contribution in [-0.2, 0) is 14.8 Å². The van der Waals surface area contributed by atoms with Crippen LogP contribution in [0.1, 0.15) is 13.8 Å². The molecule has 0 aliphatic carbocycles. The normalized spacial score (nSPS) is 11.0. The predicted octanol–water partition coefficient (Wildman–Crippen LogP) is 2.87. The number of rotatable bonds is 6. The van der Waals surface area contributed by atoms with E-state index in [1.54, 1.807) is 31.2 Å². The lowest BCUT2D eigenvalue weighted by Gasteiger charge is -2.23. The molecule has 0 spiro atoms. The molecule has 7 heteroatoms. The molecule has 0 radical (unpaired) electrons. The van der Waals surface area contributed by atoms with Gasteiger partial charge in [-0.2, -0.15) is 0 Å². The second-order valence-corrected chi connectivity index (χ2v) is 6.91. The Kier molecular flexibility index (Phi) is 5.46. The van der Waals surface area contributed by atoms with Crippen molar-refractivity contribution in [2.45, 2.75) is 18.7 Å². The van der Waals surface area contributed by atoms with Crippen LogP contribution in [0.25, 0.3) is 0 Å². The van der Waals surface area contributed by atoms with E-state index in [4.69, 9.17) is 4.74 Å². The fourth-order valence-corrected chi connectivity index (χ4v) is 3.83. The number of benzene rings is 2. The Morgan fingerprint density at radius 2 is 1.83 bits per heavy atom. The van der Waals surface area contributed by atoms with Gasteiger partial charge < -0.3 is 10.1 Å². The highest BCUT2D eigenvalue weighted by molar-refractivity contribution is 7.92. The van der Waals surface area contributed by atoms with Crippen LogP contribution in [0.2, 0.25) is 0 Å². The highest BCUT2D eigenvalue weighted by Gasteiger charge is 2.24. The lowest BCUT2D eigenvalue weighted by atomic mass is 10.3. The van der Waals surface area contributed by atoms with E-state index < -0.39 is 10.0 Å². The minimum Gasteiger partial charge on any atom is -0.495 e. The van der Waals surface area contributed by atoms with E-state index in [0.29, 0.717) is 17.9 Å². The maximum absolute atomic E-state index is 12.9. The van der Waals surface area contributed by atoms with Gasteiger partial charge in [0.25, 0.3) is 10.0 Å². The second-order valence-electron chi connectivity index (χ2n) is 5.05. The van der Waals surface area contributed by atoms with E-state index in [-0.39, 0.29) is 16.6 Å². The van der Waals surface area contributed by atoms with Crippen LogP contribution in [0.5, 0.6) is 5.75 Å². The highest BCUT2D eigenvalue weighted by atomic mass is 32.2. The first-order valence-corrected chi connectivity index (χ1v) is 8.87. The predicted molar refractivity (Wildman–Crippen MR) is 93.9 cm³/mol. The summed E-state index contributed by atoms with van der Waals surface area (Å²) in [5.41, 5.74) is 1.01. The molecule has 24 heavy (non-hydrogen) atoms. The maximum Gasteiger partial charge on any atom is 0.264 e. The molecule has 128 valence electrons. The summed E-state index contributed by atoms with van der Waals surface area (Å²) < 4.78 is 32.4. The van der Waals surface area contributed by atoms with Crippen molar-refractivity contribution < 1.29 is 17.9 Å². The third kappa shape index (κ3) is 3.68. The zero-order chi connectivity index (χ0) is 17.7. The van der Waals surface area contributed by atoms with E-state index in [0.717, 1.165) is 0 Å². The van der Waals surface area contributed by atoms with Crippen LogP contribution in [0.15, 0.2) is 53.4 Å². The molecule has 0 atom stereocenters. The molecule has 1 N–H and O–H groups in total. The maximum atomic E-state index is 12.9. The molecule has 2 aromatic rings. The second kappa shape index (κ2) is 7.35. The van der Waals surface area contributed by atoms with E-state index in [9.17, 15) is 13.2 Å². The first kappa shape index (κ1) is 17.8. The van der Waals surface area contributed by atoms with Gasteiger partial charge in [-0.25, -0.2) is 8.42 Å². The van der Waals surface area contributed by atoms with Gasteiger partial charge in [-0.15, -0.1) is 0 Å². The Labute approximate surface area is 142 Å². The van der Waals surface area contributed by atoms with Crippen molar-refractivity contribution in [3.63, 3.8) is 0 Å². The first-order valence-electron chi connectivity index (χ1n) is 7.43. The summed E-state index contributed by atoms with van der Waals surface area (Å²) in [7, 11) is -2.32. The zero-order valence-electron chi connectivity index (χ0n) is 13.8. The number of methoxy groups -OCH3 is 1. The molecule has 6 nitrogen and oxygen atoms in total. The summed E-state index contributed by atoms with van der Waals surface area (Å²) in [6.07, 6.45) is 0. The lowest BCUT2D eigenvalue weighted by Crippen LogP contribution is -2.30. The van der Waals surface area contributed by atoms with Crippen molar-refractivity contribution >= 4 is 27.3 Å². The summed E-state index contributed by atoms with van der Waals surface area (Å²) >= 11 is 0. The van der Waals surface area contributed by atoms with Crippen LogP contribution in [0.4, 0.5) is 11.4 Å². The van der Waals surface area contributed by atoms with Crippen LogP contribution in [0, 0.1) is 0 Å². The average molecular weight is 348 g/mol. The van der Waals surface area contributed by atoms with E-state index in [2.05, 4.69) is 5.32 Å². The molecule has 0 fully saturated rings. The van der Waals surface area contributed by atoms with Gasteiger partial charge in [0.15, 0.2) is 0 Å². The summed E-state index contributed by atoms with van der Waals surface area (Å²) in [4.78, 5) is 11.3. The smallest absolute Gasteiger partial charge is 0.264 e. The summed E-state index contributed by atoms with van der Waals surface area (Å²) in [6, 6.07) is 13.3. The average Bonchev–Trinajstić information content (AvgIpc) is 2.56. The fourth-order valence-electron chi connectivity index (χ4n) is 2.34. The molecule has 0 aliphatic heterocycles. The van der Waals surface area contributed by atoms with Gasteiger partial charge in [0, 0.05) is 19.5 Å². The van der Waals surface area contributed by atoms with Gasteiger partial charge in [-0.1, -0.05) is 18.2 Å². The van der Waals surface area contributed by atoms with Gasteiger partial charge in [0.05, 0.1) is 23.4 Å². The monoisotopic (exact) mass is 348 g/mol. The molecular formula is C17H20N2O4S. The number of anilines is 2. The largest absolute Gasteiger partial charge is 0.495 e. The van der Waals surface area contributed by atoms with E-state index >= 15 is 0 Å². The van der Waals surface area contributed by atoms with Gasteiger partial charge in [-0.05, 0) is 31.2 Å². The number of hydrogen-bond acceptors (Lipinski definition) is 4. The number of carbonyl (C=O) groups is 1. The molecule has 0 aromatic heterocycles. The molecule has 0 heterocycles. The number of ether oxygens (including phenoxy) is 1. The molecule has 0 aliphatic rings. The quantitative estimate of drug-likeness (QED) is 0.871. The van der Waals surface area contributed by atoms with Crippen LogP contribution in [-0.4, -0.2) is 28.0 Å². The number of sulfonamides is 1. The summed E-state index contributed by atoms with van der Waals surface area (Å²) in [6.45, 7) is 3.44. The van der Waals surface area contributed by atoms with Crippen molar-refractivity contribution in [1.82, 2.24) is 0 Å². The molecule has 2 rings (SSSR count). The molecular weight excluding hydrogens is 328 g/mol. The van der Waals surface area contributed by atoms with Gasteiger partial charge in [0.1, 0.15) is 5.75 Å². The zero-order valence-corrected chi connectivity index (χ0v) is 14.6. The number of amides is 1. The number of hydrogen-bond donors (Lipinski definition) is 1. The third-order valence-corrected chi connectivity index (χ3v) is 5.30. The SMILES string of the molecule is CCN(c1ccccc1)S(=O)(=O)c1ccc(NC(C)=O)c(OC)c1. The molecule has 0 unspecified atom stereocenters. The Hall–Kier alpha value is -2.54. The van der Waals surface area contributed by atoms with E-state index in [1.165, 1.54) is 36.5 Å². The number of carbonyl (C=O) groups excluding carboxylic acids is 1. The van der Waals surface area contributed by atoms with Crippen molar-refractivity contribution in [3.05, 3.63) is 48.5 Å². The minimum absolute atomic E-state index is 0.0964. The van der Waals surface area contributed by atoms with Crippen LogP contribution in [0.3, 0.4) is 0 Å². The van der Waals surface area contributed by atoms with Crippen molar-refractivity contribution in [3.8, 4) is 5.75 Å². The minimum atomic E-state index is -3.74. The Morgan fingerprint density at radius 1 is 1.17 bits per heavy atom. The number of nitrogens with zero attached hydrogens (tertiary/aromatic N) is 1. The first-order chi connectivity index (χ1) is 11.4. The van der Waals surface area contributed by atoms with Crippen LogP contribution < -0.4 is 14.4 Å². The molecule has 1 amide bonds. The Bertz CT molecular complexity index is 820. The Morgan fingerprint density at radius 3 is 2.38 bits per heavy atom.